The molecule has 1 unspecified atom stereocenters. The number of hydrazone groups is 1. The van der Waals surface area contributed by atoms with Crippen molar-refractivity contribution in [2.45, 2.75) is 19.9 Å². The zero-order valence-electron chi connectivity index (χ0n) is 9.26. The van der Waals surface area contributed by atoms with Gasteiger partial charge < -0.3 is 10.5 Å². The minimum absolute atomic E-state index is 0.387. The maximum atomic E-state index is 10.5. The van der Waals surface area contributed by atoms with Crippen molar-refractivity contribution in [2.24, 2.45) is 11.0 Å². The van der Waals surface area contributed by atoms with Crippen LogP contribution in [0.25, 0.3) is 0 Å². The van der Waals surface area contributed by atoms with E-state index in [-0.39, 0.29) is 5.92 Å². The first kappa shape index (κ1) is 12.2. The SMILES string of the molecule is CC(CC=NNCc1ccccc1)C(=O)O. The van der Waals surface area contributed by atoms with Crippen LogP contribution in [-0.4, -0.2) is 17.3 Å². The Labute approximate surface area is 95.0 Å². The van der Waals surface area contributed by atoms with E-state index in [0.717, 1.165) is 5.56 Å². The Kier molecular flexibility index (Phi) is 5.05. The fourth-order valence-corrected chi connectivity index (χ4v) is 1.11. The predicted octanol–water partition coefficient (Wildman–Crippen LogP) is 1.87. The first-order valence-electron chi connectivity index (χ1n) is 5.21. The molecule has 4 heteroatoms. The molecule has 0 radical (unpaired) electrons. The Hall–Kier alpha value is -1.84. The summed E-state index contributed by atoms with van der Waals surface area (Å²) in [5.41, 5.74) is 4.02. The van der Waals surface area contributed by atoms with Crippen molar-refractivity contribution in [1.82, 2.24) is 5.43 Å². The molecule has 0 saturated carbocycles. The largest absolute Gasteiger partial charge is 0.481 e. The zero-order chi connectivity index (χ0) is 11.8. The van der Waals surface area contributed by atoms with E-state index >= 15 is 0 Å². The van der Waals surface area contributed by atoms with Crippen LogP contribution in [0, 0.1) is 5.92 Å². The molecule has 0 fully saturated rings. The second kappa shape index (κ2) is 6.61. The van der Waals surface area contributed by atoms with Crippen molar-refractivity contribution in [3.8, 4) is 0 Å². The van der Waals surface area contributed by atoms with Crippen molar-refractivity contribution < 1.29 is 9.90 Å². The second-order valence-corrected chi connectivity index (χ2v) is 3.61. The Morgan fingerprint density at radius 1 is 1.50 bits per heavy atom. The molecule has 1 aromatic carbocycles. The number of aliphatic carboxylic acids is 1. The Bertz CT molecular complexity index is 349. The fourth-order valence-electron chi connectivity index (χ4n) is 1.11. The van der Waals surface area contributed by atoms with Crippen LogP contribution in [0.3, 0.4) is 0 Å². The highest BCUT2D eigenvalue weighted by Crippen LogP contribution is 1.99. The molecule has 4 nitrogen and oxygen atoms in total. The molecule has 1 atom stereocenters. The van der Waals surface area contributed by atoms with Crippen LogP contribution in [0.15, 0.2) is 35.4 Å². The summed E-state index contributed by atoms with van der Waals surface area (Å²) in [6.07, 6.45) is 2.04. The minimum Gasteiger partial charge on any atom is -0.481 e. The van der Waals surface area contributed by atoms with E-state index in [1.165, 1.54) is 0 Å². The number of nitrogens with one attached hydrogen (secondary N) is 1. The minimum atomic E-state index is -0.797. The molecule has 0 aromatic heterocycles. The molecule has 0 aliphatic carbocycles. The van der Waals surface area contributed by atoms with Gasteiger partial charge in [0.15, 0.2) is 0 Å². The van der Waals surface area contributed by atoms with Gasteiger partial charge in [0.1, 0.15) is 0 Å². The lowest BCUT2D eigenvalue weighted by Crippen LogP contribution is -2.11. The highest BCUT2D eigenvalue weighted by Gasteiger charge is 2.07. The summed E-state index contributed by atoms with van der Waals surface area (Å²) in [6.45, 7) is 2.31. The van der Waals surface area contributed by atoms with Gasteiger partial charge in [0.25, 0.3) is 0 Å². The van der Waals surface area contributed by atoms with E-state index in [2.05, 4.69) is 10.5 Å². The van der Waals surface area contributed by atoms with Gasteiger partial charge in [-0.05, 0) is 12.0 Å². The maximum Gasteiger partial charge on any atom is 0.306 e. The molecule has 16 heavy (non-hydrogen) atoms. The molecule has 1 aromatic rings. The molecule has 0 spiro atoms. The molecular formula is C12H16N2O2. The summed E-state index contributed by atoms with van der Waals surface area (Å²) >= 11 is 0. The molecule has 0 aliphatic rings. The summed E-state index contributed by atoms with van der Waals surface area (Å²) < 4.78 is 0. The quantitative estimate of drug-likeness (QED) is 0.568. The van der Waals surface area contributed by atoms with Crippen molar-refractivity contribution in [3.05, 3.63) is 35.9 Å². The van der Waals surface area contributed by atoms with E-state index < -0.39 is 5.97 Å². The van der Waals surface area contributed by atoms with Gasteiger partial charge in [-0.1, -0.05) is 37.3 Å². The van der Waals surface area contributed by atoms with Crippen molar-refractivity contribution >= 4 is 12.2 Å². The van der Waals surface area contributed by atoms with Crippen LogP contribution < -0.4 is 5.43 Å². The first-order chi connectivity index (χ1) is 7.70. The molecule has 0 saturated heterocycles. The number of benzene rings is 1. The van der Waals surface area contributed by atoms with Crippen LogP contribution in [0.2, 0.25) is 0 Å². The summed E-state index contributed by atoms with van der Waals surface area (Å²) in [4.78, 5) is 10.5. The standard InChI is InChI=1S/C12H16N2O2/c1-10(12(15)16)7-8-13-14-9-11-5-3-2-4-6-11/h2-6,8,10,14H,7,9H2,1H3,(H,15,16). The Morgan fingerprint density at radius 2 is 2.19 bits per heavy atom. The number of carbonyl (C=O) groups is 1. The lowest BCUT2D eigenvalue weighted by molar-refractivity contribution is -0.140. The molecule has 0 aliphatic heterocycles. The summed E-state index contributed by atoms with van der Waals surface area (Å²) in [6, 6.07) is 9.90. The van der Waals surface area contributed by atoms with Crippen LogP contribution >= 0.6 is 0 Å². The normalized spacial score (nSPS) is 12.6. The Balaban J connectivity index is 2.21. The average molecular weight is 220 g/mol. The van der Waals surface area contributed by atoms with Crippen molar-refractivity contribution in [3.63, 3.8) is 0 Å². The van der Waals surface area contributed by atoms with Crippen LogP contribution in [0.4, 0.5) is 0 Å². The first-order valence-corrected chi connectivity index (χ1v) is 5.21. The van der Waals surface area contributed by atoms with Gasteiger partial charge in [0.05, 0.1) is 12.5 Å². The topological polar surface area (TPSA) is 61.7 Å². The number of hydrogen-bond donors (Lipinski definition) is 2. The van der Waals surface area contributed by atoms with E-state index in [4.69, 9.17) is 5.11 Å². The third-order valence-corrected chi connectivity index (χ3v) is 2.19. The van der Waals surface area contributed by atoms with Crippen molar-refractivity contribution in [1.29, 1.82) is 0 Å². The van der Waals surface area contributed by atoms with E-state index in [1.54, 1.807) is 13.1 Å². The van der Waals surface area contributed by atoms with Crippen LogP contribution in [-0.2, 0) is 11.3 Å². The summed E-state index contributed by atoms with van der Waals surface area (Å²) in [5.74, 6) is -1.18. The smallest absolute Gasteiger partial charge is 0.306 e. The number of carboxylic acids is 1. The van der Waals surface area contributed by atoms with E-state index in [1.807, 2.05) is 30.3 Å². The second-order valence-electron chi connectivity index (χ2n) is 3.61. The third-order valence-electron chi connectivity index (χ3n) is 2.19. The molecule has 2 N–H and O–H groups in total. The predicted molar refractivity (Wildman–Crippen MR) is 63.2 cm³/mol. The highest BCUT2D eigenvalue weighted by molar-refractivity contribution is 5.74. The van der Waals surface area contributed by atoms with Gasteiger partial charge in [-0.15, -0.1) is 0 Å². The molecule has 86 valence electrons. The fraction of sp³-hybridized carbons (Fsp3) is 0.333. The van der Waals surface area contributed by atoms with Crippen LogP contribution in [0.1, 0.15) is 18.9 Å². The average Bonchev–Trinajstić information content (AvgIpc) is 2.29. The molecular weight excluding hydrogens is 204 g/mol. The summed E-state index contributed by atoms with van der Waals surface area (Å²) in [7, 11) is 0. The lowest BCUT2D eigenvalue weighted by Gasteiger charge is -2.01. The van der Waals surface area contributed by atoms with Gasteiger partial charge in [0.2, 0.25) is 0 Å². The summed E-state index contributed by atoms with van der Waals surface area (Å²) in [5, 5.41) is 12.6. The van der Waals surface area contributed by atoms with Gasteiger partial charge >= 0.3 is 5.97 Å². The Morgan fingerprint density at radius 3 is 2.81 bits per heavy atom. The third kappa shape index (κ3) is 4.59. The maximum absolute atomic E-state index is 10.5. The monoisotopic (exact) mass is 220 g/mol. The molecule has 0 bridgehead atoms. The number of nitrogens with zero attached hydrogens (tertiary/aromatic N) is 1. The molecule has 1 rings (SSSR count). The highest BCUT2D eigenvalue weighted by atomic mass is 16.4. The number of rotatable bonds is 6. The molecule has 0 amide bonds. The van der Waals surface area contributed by atoms with E-state index in [9.17, 15) is 4.79 Å². The van der Waals surface area contributed by atoms with Crippen LogP contribution in [0.5, 0.6) is 0 Å². The van der Waals surface area contributed by atoms with E-state index in [0.29, 0.717) is 13.0 Å². The van der Waals surface area contributed by atoms with Gasteiger partial charge in [-0.2, -0.15) is 5.10 Å². The zero-order valence-corrected chi connectivity index (χ0v) is 9.26. The van der Waals surface area contributed by atoms with Gasteiger partial charge in [-0.25, -0.2) is 0 Å². The number of hydrogen-bond acceptors (Lipinski definition) is 3. The van der Waals surface area contributed by atoms with Crippen molar-refractivity contribution in [2.75, 3.05) is 0 Å². The van der Waals surface area contributed by atoms with Gasteiger partial charge in [-0.3, -0.25) is 4.79 Å². The molecule has 0 heterocycles. The van der Waals surface area contributed by atoms with Gasteiger partial charge in [0, 0.05) is 6.21 Å². The lowest BCUT2D eigenvalue weighted by atomic mass is 10.1. The number of carboxylic acid groups (broad SMARTS) is 1.